The Morgan fingerprint density at radius 1 is 1.29 bits per heavy atom. The lowest BCUT2D eigenvalue weighted by molar-refractivity contribution is 0.272. The van der Waals surface area contributed by atoms with Gasteiger partial charge < -0.3 is 10.5 Å². The molecule has 1 aromatic heterocycles. The highest BCUT2D eigenvalue weighted by atomic mass is 32.1. The monoisotopic (exact) mass is 308 g/mol. The van der Waals surface area contributed by atoms with E-state index in [0.29, 0.717) is 18.9 Å². The highest BCUT2D eigenvalue weighted by Crippen LogP contribution is 2.30. The number of hydrogen-bond acceptors (Lipinski definition) is 4. The third kappa shape index (κ3) is 4.51. The Balaban J connectivity index is 1.89. The summed E-state index contributed by atoms with van der Waals surface area (Å²) in [5.74, 6) is 0.438. The van der Waals surface area contributed by atoms with Gasteiger partial charge in [-0.05, 0) is 37.2 Å². The van der Waals surface area contributed by atoms with Crippen LogP contribution >= 0.6 is 11.3 Å². The van der Waals surface area contributed by atoms with Crippen molar-refractivity contribution in [2.24, 2.45) is 5.73 Å². The fraction of sp³-hybridized carbons (Fsp3) is 0.438. The predicted molar refractivity (Wildman–Crippen MR) is 84.4 cm³/mol. The molecule has 0 aliphatic heterocycles. The number of rotatable bonds is 7. The predicted octanol–water partition coefficient (Wildman–Crippen LogP) is 3.53. The smallest absolute Gasteiger partial charge is 0.123 e. The average Bonchev–Trinajstić information content (AvgIpc) is 2.91. The number of aromatic nitrogens is 1. The summed E-state index contributed by atoms with van der Waals surface area (Å²) in [5, 5.41) is 3.18. The fourth-order valence-electron chi connectivity index (χ4n) is 1.94. The van der Waals surface area contributed by atoms with Crippen molar-refractivity contribution in [2.75, 3.05) is 13.2 Å². The van der Waals surface area contributed by atoms with Gasteiger partial charge in [0.2, 0.25) is 0 Å². The van der Waals surface area contributed by atoms with Crippen LogP contribution in [0.15, 0.2) is 29.6 Å². The molecule has 0 saturated heterocycles. The van der Waals surface area contributed by atoms with Crippen LogP contribution in [0, 0.1) is 5.82 Å². The van der Waals surface area contributed by atoms with Gasteiger partial charge >= 0.3 is 0 Å². The molecule has 2 N–H and O–H groups in total. The van der Waals surface area contributed by atoms with Crippen LogP contribution in [0.4, 0.5) is 4.39 Å². The van der Waals surface area contributed by atoms with Gasteiger partial charge in [0.05, 0.1) is 17.3 Å². The average molecular weight is 308 g/mol. The van der Waals surface area contributed by atoms with Gasteiger partial charge in [0.1, 0.15) is 11.6 Å². The van der Waals surface area contributed by atoms with Crippen LogP contribution in [-0.4, -0.2) is 18.1 Å². The molecule has 0 radical (unpaired) electrons. The zero-order chi connectivity index (χ0) is 15.3. The van der Waals surface area contributed by atoms with Crippen LogP contribution in [0.5, 0.6) is 5.75 Å². The van der Waals surface area contributed by atoms with Crippen molar-refractivity contribution >= 4 is 11.3 Å². The molecular formula is C16H21FN2OS. The van der Waals surface area contributed by atoms with Crippen molar-refractivity contribution in [2.45, 2.75) is 32.1 Å². The number of benzene rings is 1. The lowest BCUT2D eigenvalue weighted by Gasteiger charge is -2.22. The molecule has 21 heavy (non-hydrogen) atoms. The van der Waals surface area contributed by atoms with Crippen LogP contribution in [0.2, 0.25) is 0 Å². The Morgan fingerprint density at radius 3 is 2.67 bits per heavy atom. The zero-order valence-corrected chi connectivity index (χ0v) is 13.3. The van der Waals surface area contributed by atoms with Crippen LogP contribution in [0.1, 0.15) is 31.0 Å². The maximum Gasteiger partial charge on any atom is 0.123 e. The van der Waals surface area contributed by atoms with E-state index in [1.165, 1.54) is 12.1 Å². The van der Waals surface area contributed by atoms with E-state index in [9.17, 15) is 4.39 Å². The Morgan fingerprint density at radius 2 is 2.00 bits per heavy atom. The van der Waals surface area contributed by atoms with Crippen LogP contribution in [-0.2, 0) is 11.8 Å². The van der Waals surface area contributed by atoms with Crippen molar-refractivity contribution in [3.05, 3.63) is 46.2 Å². The minimum Gasteiger partial charge on any atom is -0.494 e. The molecule has 0 amide bonds. The molecule has 3 nitrogen and oxygen atoms in total. The molecule has 5 heteroatoms. The highest BCUT2D eigenvalue weighted by molar-refractivity contribution is 7.09. The normalized spacial score (nSPS) is 11.6. The van der Waals surface area contributed by atoms with Gasteiger partial charge in [-0.2, -0.15) is 0 Å². The SMILES string of the molecule is CC(C)(CCOc1ccc(F)cc1)c1nc(CCN)cs1. The molecule has 0 saturated carbocycles. The Hall–Kier alpha value is -1.46. The number of nitrogens with two attached hydrogens (primary N) is 1. The molecule has 0 spiro atoms. The van der Waals surface area contributed by atoms with E-state index in [4.69, 9.17) is 10.5 Å². The zero-order valence-electron chi connectivity index (χ0n) is 12.4. The van der Waals surface area contributed by atoms with Crippen molar-refractivity contribution < 1.29 is 9.13 Å². The van der Waals surface area contributed by atoms with Crippen LogP contribution in [0.25, 0.3) is 0 Å². The molecule has 0 unspecified atom stereocenters. The van der Waals surface area contributed by atoms with Gasteiger partial charge in [-0.1, -0.05) is 13.8 Å². The maximum absolute atomic E-state index is 12.8. The van der Waals surface area contributed by atoms with E-state index in [2.05, 4.69) is 24.2 Å². The van der Waals surface area contributed by atoms with Gasteiger partial charge in [-0.25, -0.2) is 9.37 Å². The van der Waals surface area contributed by atoms with E-state index in [-0.39, 0.29) is 11.2 Å². The Bertz CT molecular complexity index is 566. The molecule has 114 valence electrons. The van der Waals surface area contributed by atoms with Gasteiger partial charge in [-0.3, -0.25) is 0 Å². The molecule has 2 aromatic rings. The second-order valence-corrected chi connectivity index (χ2v) is 6.48. The quantitative estimate of drug-likeness (QED) is 0.851. The van der Waals surface area contributed by atoms with Crippen LogP contribution < -0.4 is 10.5 Å². The number of ether oxygens (including phenoxy) is 1. The van der Waals surface area contributed by atoms with E-state index in [1.54, 1.807) is 23.5 Å². The first-order valence-electron chi connectivity index (χ1n) is 7.04. The summed E-state index contributed by atoms with van der Waals surface area (Å²) in [4.78, 5) is 4.64. The van der Waals surface area contributed by atoms with Crippen molar-refractivity contribution in [3.63, 3.8) is 0 Å². The Kier molecular flexibility index (Phi) is 5.31. The van der Waals surface area contributed by atoms with Gasteiger partial charge in [0, 0.05) is 17.2 Å². The first kappa shape index (κ1) is 15.9. The van der Waals surface area contributed by atoms with Gasteiger partial charge in [-0.15, -0.1) is 11.3 Å². The number of halogens is 1. The number of nitrogens with zero attached hydrogens (tertiary/aromatic N) is 1. The van der Waals surface area contributed by atoms with E-state index >= 15 is 0 Å². The largest absolute Gasteiger partial charge is 0.494 e. The minimum absolute atomic E-state index is 0.0441. The van der Waals surface area contributed by atoms with E-state index < -0.39 is 0 Å². The standard InChI is InChI=1S/C16H21FN2OS/c1-16(2,15-19-13(7-9-18)11-21-15)8-10-20-14-5-3-12(17)4-6-14/h3-6,11H,7-10,18H2,1-2H3. The third-order valence-electron chi connectivity index (χ3n) is 3.34. The van der Waals surface area contributed by atoms with Crippen molar-refractivity contribution in [1.82, 2.24) is 4.98 Å². The van der Waals surface area contributed by atoms with E-state index in [1.807, 2.05) is 0 Å². The first-order chi connectivity index (χ1) is 10.0. The molecule has 0 aliphatic rings. The molecule has 0 aliphatic carbocycles. The molecule has 1 aromatic carbocycles. The topological polar surface area (TPSA) is 48.1 Å². The summed E-state index contributed by atoms with van der Waals surface area (Å²) in [6.45, 7) is 5.51. The lowest BCUT2D eigenvalue weighted by atomic mass is 9.90. The second-order valence-electron chi connectivity index (χ2n) is 5.62. The molecule has 2 rings (SSSR count). The van der Waals surface area contributed by atoms with Crippen molar-refractivity contribution in [1.29, 1.82) is 0 Å². The summed E-state index contributed by atoms with van der Waals surface area (Å²) < 4.78 is 18.5. The van der Waals surface area contributed by atoms with Crippen LogP contribution in [0.3, 0.4) is 0 Å². The summed E-state index contributed by atoms with van der Waals surface area (Å²) >= 11 is 1.67. The summed E-state index contributed by atoms with van der Waals surface area (Å²) in [6, 6.07) is 6.09. The molecular weight excluding hydrogens is 287 g/mol. The Labute approximate surface area is 129 Å². The number of hydrogen-bond donors (Lipinski definition) is 1. The molecule has 1 heterocycles. The first-order valence-corrected chi connectivity index (χ1v) is 7.92. The third-order valence-corrected chi connectivity index (χ3v) is 4.60. The van der Waals surface area contributed by atoms with E-state index in [0.717, 1.165) is 23.5 Å². The summed E-state index contributed by atoms with van der Waals surface area (Å²) in [5.41, 5.74) is 6.57. The molecule has 0 bridgehead atoms. The van der Waals surface area contributed by atoms with Gasteiger partial charge in [0.15, 0.2) is 0 Å². The molecule has 0 fully saturated rings. The van der Waals surface area contributed by atoms with Gasteiger partial charge in [0.25, 0.3) is 0 Å². The minimum atomic E-state index is -0.252. The maximum atomic E-state index is 12.8. The summed E-state index contributed by atoms with van der Waals surface area (Å²) in [6.07, 6.45) is 1.67. The fourth-order valence-corrected chi connectivity index (χ4v) is 2.95. The summed E-state index contributed by atoms with van der Waals surface area (Å²) in [7, 11) is 0. The molecule has 0 atom stereocenters. The lowest BCUT2D eigenvalue weighted by Crippen LogP contribution is -2.20. The highest BCUT2D eigenvalue weighted by Gasteiger charge is 2.24. The van der Waals surface area contributed by atoms with Crippen molar-refractivity contribution in [3.8, 4) is 5.75 Å². The number of thiazole rings is 1. The second kappa shape index (κ2) is 7.00.